The Balaban J connectivity index is 2.33. The van der Waals surface area contributed by atoms with Crippen molar-refractivity contribution in [1.82, 2.24) is 14.5 Å². The molecule has 0 spiro atoms. The number of hydrogen-bond donors (Lipinski definition) is 2. The van der Waals surface area contributed by atoms with E-state index in [2.05, 4.69) is 10.2 Å². The van der Waals surface area contributed by atoms with Crippen LogP contribution in [0.1, 0.15) is 16.8 Å². The SMILES string of the molecule is Cc1[nH]nc(S(=O)(=O)N(C)Cc2ccccc2Cl)c1CO. The zero-order chi connectivity index (χ0) is 15.6. The van der Waals surface area contributed by atoms with Crippen LogP contribution in [-0.4, -0.2) is 35.1 Å². The van der Waals surface area contributed by atoms with Crippen molar-refractivity contribution in [3.8, 4) is 0 Å². The van der Waals surface area contributed by atoms with Crippen LogP contribution in [0.15, 0.2) is 29.3 Å². The molecule has 6 nitrogen and oxygen atoms in total. The third-order valence-corrected chi connectivity index (χ3v) is 5.34. The predicted octanol–water partition coefficient (Wildman–Crippen LogP) is 1.68. The third kappa shape index (κ3) is 3.11. The predicted molar refractivity (Wildman–Crippen MR) is 79.4 cm³/mol. The summed E-state index contributed by atoms with van der Waals surface area (Å²) >= 11 is 6.04. The zero-order valence-electron chi connectivity index (χ0n) is 11.7. The quantitative estimate of drug-likeness (QED) is 0.874. The lowest BCUT2D eigenvalue weighted by Gasteiger charge is -2.17. The molecular weight excluding hydrogens is 314 g/mol. The molecule has 21 heavy (non-hydrogen) atoms. The summed E-state index contributed by atoms with van der Waals surface area (Å²) in [6.45, 7) is 1.39. The smallest absolute Gasteiger partial charge is 0.262 e. The van der Waals surface area contributed by atoms with Gasteiger partial charge in [-0.1, -0.05) is 29.8 Å². The number of aliphatic hydroxyl groups is 1. The first-order valence-corrected chi connectivity index (χ1v) is 8.04. The number of hydrogen-bond acceptors (Lipinski definition) is 4. The van der Waals surface area contributed by atoms with Gasteiger partial charge in [-0.3, -0.25) is 5.10 Å². The van der Waals surface area contributed by atoms with Gasteiger partial charge in [0.25, 0.3) is 10.0 Å². The highest BCUT2D eigenvalue weighted by Crippen LogP contribution is 2.23. The number of sulfonamides is 1. The minimum Gasteiger partial charge on any atom is -0.392 e. The topological polar surface area (TPSA) is 86.3 Å². The maximum Gasteiger partial charge on any atom is 0.262 e. The summed E-state index contributed by atoms with van der Waals surface area (Å²) in [7, 11) is -2.36. The summed E-state index contributed by atoms with van der Waals surface area (Å²) in [5, 5.41) is 16.0. The molecule has 2 rings (SSSR count). The first kappa shape index (κ1) is 16.0. The monoisotopic (exact) mass is 329 g/mol. The summed E-state index contributed by atoms with van der Waals surface area (Å²) in [6.07, 6.45) is 0. The minimum atomic E-state index is -3.80. The van der Waals surface area contributed by atoms with Crippen molar-refractivity contribution in [2.24, 2.45) is 0 Å². The molecule has 0 fully saturated rings. The standard InChI is InChI=1S/C13H16ClN3O3S/c1-9-11(8-18)13(16-15-9)21(19,20)17(2)7-10-5-3-4-6-12(10)14/h3-6,18H,7-8H2,1-2H3,(H,15,16). The van der Waals surface area contributed by atoms with Crippen molar-refractivity contribution in [3.05, 3.63) is 46.1 Å². The van der Waals surface area contributed by atoms with Crippen LogP contribution >= 0.6 is 11.6 Å². The maximum absolute atomic E-state index is 12.5. The van der Waals surface area contributed by atoms with Gasteiger partial charge >= 0.3 is 0 Å². The van der Waals surface area contributed by atoms with Gasteiger partial charge in [0.1, 0.15) is 0 Å². The molecular formula is C13H16ClN3O3S. The molecule has 1 aromatic heterocycles. The van der Waals surface area contributed by atoms with Crippen LogP contribution < -0.4 is 0 Å². The number of aliphatic hydroxyl groups excluding tert-OH is 1. The molecule has 114 valence electrons. The summed E-state index contributed by atoms with van der Waals surface area (Å²) in [5.41, 5.74) is 1.51. The molecule has 1 aromatic carbocycles. The molecule has 1 heterocycles. The molecule has 2 N–H and O–H groups in total. The van der Waals surface area contributed by atoms with E-state index in [4.69, 9.17) is 11.6 Å². The van der Waals surface area contributed by atoms with Crippen LogP contribution in [0, 0.1) is 6.92 Å². The van der Waals surface area contributed by atoms with E-state index in [0.717, 1.165) is 4.31 Å². The minimum absolute atomic E-state index is 0.124. The van der Waals surface area contributed by atoms with Gasteiger partial charge in [0, 0.05) is 29.9 Å². The van der Waals surface area contributed by atoms with Crippen LogP contribution in [0.5, 0.6) is 0 Å². The van der Waals surface area contributed by atoms with E-state index in [9.17, 15) is 13.5 Å². The Morgan fingerprint density at radius 2 is 2.05 bits per heavy atom. The lowest BCUT2D eigenvalue weighted by atomic mass is 10.2. The Morgan fingerprint density at radius 3 is 2.67 bits per heavy atom. The Kier molecular flexibility index (Phi) is 4.67. The van der Waals surface area contributed by atoms with Gasteiger partial charge in [0.2, 0.25) is 0 Å². The first-order valence-electron chi connectivity index (χ1n) is 6.22. The van der Waals surface area contributed by atoms with Gasteiger partial charge in [-0.25, -0.2) is 8.42 Å². The molecule has 0 aliphatic heterocycles. The molecule has 0 aliphatic carbocycles. The third-order valence-electron chi connectivity index (χ3n) is 3.20. The van der Waals surface area contributed by atoms with Crippen LogP contribution in [0.2, 0.25) is 5.02 Å². The summed E-state index contributed by atoms with van der Waals surface area (Å²) in [6, 6.07) is 7.03. The van der Waals surface area contributed by atoms with E-state index in [1.165, 1.54) is 7.05 Å². The van der Waals surface area contributed by atoms with Crippen LogP contribution in [0.25, 0.3) is 0 Å². The summed E-state index contributed by atoms with van der Waals surface area (Å²) < 4.78 is 26.2. The van der Waals surface area contributed by atoms with E-state index in [-0.39, 0.29) is 17.1 Å². The van der Waals surface area contributed by atoms with Gasteiger partial charge in [-0.2, -0.15) is 9.40 Å². The highest BCUT2D eigenvalue weighted by molar-refractivity contribution is 7.89. The number of nitrogens with one attached hydrogen (secondary N) is 1. The zero-order valence-corrected chi connectivity index (χ0v) is 13.2. The van der Waals surface area contributed by atoms with E-state index >= 15 is 0 Å². The Bertz CT molecular complexity index is 743. The fraction of sp³-hybridized carbons (Fsp3) is 0.308. The van der Waals surface area contributed by atoms with Crippen LogP contribution in [0.3, 0.4) is 0 Å². The highest BCUT2D eigenvalue weighted by Gasteiger charge is 2.28. The second kappa shape index (κ2) is 6.15. The van der Waals surface area contributed by atoms with E-state index in [1.54, 1.807) is 31.2 Å². The molecule has 0 aliphatic rings. The van der Waals surface area contributed by atoms with Gasteiger partial charge in [0.15, 0.2) is 5.03 Å². The van der Waals surface area contributed by atoms with E-state index < -0.39 is 16.6 Å². The van der Waals surface area contributed by atoms with Crippen LogP contribution in [0.4, 0.5) is 0 Å². The summed E-state index contributed by atoms with van der Waals surface area (Å²) in [5.74, 6) is 0. The first-order chi connectivity index (χ1) is 9.87. The van der Waals surface area contributed by atoms with Crippen molar-refractivity contribution in [2.75, 3.05) is 7.05 Å². The average molecular weight is 330 g/mol. The van der Waals surface area contributed by atoms with Gasteiger partial charge in [0.05, 0.1) is 6.61 Å². The largest absolute Gasteiger partial charge is 0.392 e. The van der Waals surface area contributed by atoms with Crippen molar-refractivity contribution < 1.29 is 13.5 Å². The molecule has 0 saturated heterocycles. The fourth-order valence-electron chi connectivity index (χ4n) is 1.93. The molecule has 0 unspecified atom stereocenters. The second-order valence-electron chi connectivity index (χ2n) is 4.64. The fourth-order valence-corrected chi connectivity index (χ4v) is 3.42. The molecule has 8 heteroatoms. The lowest BCUT2D eigenvalue weighted by molar-refractivity contribution is 0.277. The van der Waals surface area contributed by atoms with E-state index in [0.29, 0.717) is 16.3 Å². The molecule has 0 radical (unpaired) electrons. The second-order valence-corrected chi connectivity index (χ2v) is 7.01. The molecule has 0 atom stereocenters. The number of rotatable bonds is 5. The molecule has 0 bridgehead atoms. The molecule has 0 saturated carbocycles. The van der Waals surface area contributed by atoms with Crippen molar-refractivity contribution >= 4 is 21.6 Å². The molecule has 0 amide bonds. The Hall–Kier alpha value is -1.41. The van der Waals surface area contributed by atoms with E-state index in [1.807, 2.05) is 0 Å². The molecule has 2 aromatic rings. The average Bonchev–Trinajstić information content (AvgIpc) is 2.82. The number of nitrogens with zero attached hydrogens (tertiary/aromatic N) is 2. The number of H-pyrrole nitrogens is 1. The normalized spacial score (nSPS) is 12.0. The van der Waals surface area contributed by atoms with Gasteiger partial charge < -0.3 is 5.11 Å². The lowest BCUT2D eigenvalue weighted by Crippen LogP contribution is -2.27. The highest BCUT2D eigenvalue weighted by atomic mass is 35.5. The Morgan fingerprint density at radius 1 is 1.38 bits per heavy atom. The van der Waals surface area contributed by atoms with Crippen molar-refractivity contribution in [1.29, 1.82) is 0 Å². The number of benzene rings is 1. The number of aryl methyl sites for hydroxylation is 1. The van der Waals surface area contributed by atoms with Gasteiger partial charge in [-0.05, 0) is 18.6 Å². The maximum atomic E-state index is 12.5. The van der Waals surface area contributed by atoms with Crippen molar-refractivity contribution in [2.45, 2.75) is 25.1 Å². The van der Waals surface area contributed by atoms with Gasteiger partial charge in [-0.15, -0.1) is 0 Å². The van der Waals surface area contributed by atoms with Crippen molar-refractivity contribution in [3.63, 3.8) is 0 Å². The summed E-state index contributed by atoms with van der Waals surface area (Å²) in [4.78, 5) is 0. The Labute approximate surface area is 128 Å². The van der Waals surface area contributed by atoms with Crippen LogP contribution in [-0.2, 0) is 23.2 Å². The number of aromatic amines is 1. The number of halogens is 1. The number of aromatic nitrogens is 2.